The maximum Gasteiger partial charge on any atom is 0.00454 e. The first kappa shape index (κ1) is 14.7. The summed E-state index contributed by atoms with van der Waals surface area (Å²) in [5.74, 6) is 0. The SMILES string of the molecule is CCCNCC(CC)(CC)CCc1cccs1. The normalized spacial score (nSPS) is 11.9. The lowest BCUT2D eigenvalue weighted by Gasteiger charge is -2.32. The van der Waals surface area contributed by atoms with Crippen molar-refractivity contribution in [3.63, 3.8) is 0 Å². The van der Waals surface area contributed by atoms with Gasteiger partial charge in [-0.1, -0.05) is 26.8 Å². The van der Waals surface area contributed by atoms with E-state index in [1.807, 2.05) is 11.3 Å². The van der Waals surface area contributed by atoms with E-state index in [0.29, 0.717) is 5.41 Å². The quantitative estimate of drug-likeness (QED) is 0.640. The van der Waals surface area contributed by atoms with Crippen LogP contribution in [0.5, 0.6) is 0 Å². The van der Waals surface area contributed by atoms with Gasteiger partial charge in [0.2, 0.25) is 0 Å². The predicted octanol–water partition coefficient (Wildman–Crippen LogP) is 4.49. The van der Waals surface area contributed by atoms with E-state index < -0.39 is 0 Å². The smallest absolute Gasteiger partial charge is 0.00454 e. The second-order valence-electron chi connectivity index (χ2n) is 4.96. The minimum atomic E-state index is 0.499. The Morgan fingerprint density at radius 3 is 2.53 bits per heavy atom. The van der Waals surface area contributed by atoms with Crippen molar-refractivity contribution in [3.8, 4) is 0 Å². The van der Waals surface area contributed by atoms with Crippen molar-refractivity contribution < 1.29 is 0 Å². The Morgan fingerprint density at radius 2 is 2.00 bits per heavy atom. The Bertz CT molecular complexity index is 275. The zero-order valence-corrected chi connectivity index (χ0v) is 12.4. The van der Waals surface area contributed by atoms with Crippen molar-refractivity contribution in [2.24, 2.45) is 5.41 Å². The molecule has 1 aromatic heterocycles. The highest BCUT2D eigenvalue weighted by Gasteiger charge is 2.25. The average molecular weight is 253 g/mol. The first-order valence-electron chi connectivity index (χ1n) is 6.99. The van der Waals surface area contributed by atoms with Crippen LogP contribution in [0.3, 0.4) is 0 Å². The molecule has 0 saturated heterocycles. The molecule has 2 heteroatoms. The molecule has 0 spiro atoms. The number of thiophene rings is 1. The number of hydrogen-bond donors (Lipinski definition) is 1. The lowest BCUT2D eigenvalue weighted by Crippen LogP contribution is -2.34. The van der Waals surface area contributed by atoms with Crippen LogP contribution in [0.25, 0.3) is 0 Å². The van der Waals surface area contributed by atoms with Crippen LogP contribution < -0.4 is 5.32 Å². The van der Waals surface area contributed by atoms with Crippen LogP contribution in [-0.4, -0.2) is 13.1 Å². The monoisotopic (exact) mass is 253 g/mol. The summed E-state index contributed by atoms with van der Waals surface area (Å²) in [6.45, 7) is 9.25. The van der Waals surface area contributed by atoms with Crippen LogP contribution in [0.4, 0.5) is 0 Å². The average Bonchev–Trinajstić information content (AvgIpc) is 2.87. The van der Waals surface area contributed by atoms with E-state index >= 15 is 0 Å². The van der Waals surface area contributed by atoms with Crippen molar-refractivity contribution in [3.05, 3.63) is 22.4 Å². The molecule has 0 unspecified atom stereocenters. The zero-order chi connectivity index (χ0) is 12.6. The summed E-state index contributed by atoms with van der Waals surface area (Å²) in [6, 6.07) is 4.43. The van der Waals surface area contributed by atoms with Crippen LogP contribution in [0.2, 0.25) is 0 Å². The van der Waals surface area contributed by atoms with Gasteiger partial charge >= 0.3 is 0 Å². The number of nitrogens with one attached hydrogen (secondary N) is 1. The summed E-state index contributed by atoms with van der Waals surface area (Å²) in [5, 5.41) is 5.80. The fourth-order valence-electron chi connectivity index (χ4n) is 2.32. The Morgan fingerprint density at radius 1 is 1.24 bits per heavy atom. The van der Waals surface area contributed by atoms with E-state index in [4.69, 9.17) is 0 Å². The largest absolute Gasteiger partial charge is 0.316 e. The second kappa shape index (κ2) is 7.88. The maximum atomic E-state index is 3.61. The van der Waals surface area contributed by atoms with Gasteiger partial charge in [-0.05, 0) is 55.5 Å². The molecular formula is C15H27NS. The van der Waals surface area contributed by atoms with Crippen LogP contribution in [0.1, 0.15) is 51.3 Å². The van der Waals surface area contributed by atoms with E-state index in [2.05, 4.69) is 43.6 Å². The van der Waals surface area contributed by atoms with Crippen LogP contribution >= 0.6 is 11.3 Å². The van der Waals surface area contributed by atoms with Gasteiger partial charge in [-0.25, -0.2) is 0 Å². The van der Waals surface area contributed by atoms with Crippen LogP contribution in [0, 0.1) is 5.41 Å². The van der Waals surface area contributed by atoms with Crippen LogP contribution in [-0.2, 0) is 6.42 Å². The molecule has 0 fully saturated rings. The molecule has 0 amide bonds. The van der Waals surface area contributed by atoms with Gasteiger partial charge in [0.05, 0.1) is 0 Å². The fraction of sp³-hybridized carbons (Fsp3) is 0.733. The highest BCUT2D eigenvalue weighted by atomic mass is 32.1. The van der Waals surface area contributed by atoms with Gasteiger partial charge < -0.3 is 5.32 Å². The van der Waals surface area contributed by atoms with Crippen LogP contribution in [0.15, 0.2) is 17.5 Å². The molecule has 0 saturated carbocycles. The minimum absolute atomic E-state index is 0.499. The first-order valence-corrected chi connectivity index (χ1v) is 7.87. The Labute approximate surface area is 111 Å². The highest BCUT2D eigenvalue weighted by Crippen LogP contribution is 2.32. The third-order valence-corrected chi connectivity index (χ3v) is 4.84. The van der Waals surface area contributed by atoms with Gasteiger partial charge in [0.1, 0.15) is 0 Å². The molecular weight excluding hydrogens is 226 g/mol. The molecule has 17 heavy (non-hydrogen) atoms. The zero-order valence-electron chi connectivity index (χ0n) is 11.6. The van der Waals surface area contributed by atoms with Crippen molar-refractivity contribution in [1.29, 1.82) is 0 Å². The maximum absolute atomic E-state index is 3.61. The Balaban J connectivity index is 2.45. The molecule has 0 bridgehead atoms. The van der Waals surface area contributed by atoms with Gasteiger partial charge in [-0.3, -0.25) is 0 Å². The summed E-state index contributed by atoms with van der Waals surface area (Å²) in [7, 11) is 0. The molecule has 1 aromatic rings. The first-order chi connectivity index (χ1) is 8.26. The number of rotatable bonds is 9. The molecule has 0 radical (unpaired) electrons. The Kier molecular flexibility index (Phi) is 6.83. The topological polar surface area (TPSA) is 12.0 Å². The van der Waals surface area contributed by atoms with E-state index in [1.165, 1.54) is 43.5 Å². The van der Waals surface area contributed by atoms with E-state index in [9.17, 15) is 0 Å². The summed E-state index contributed by atoms with van der Waals surface area (Å²) in [4.78, 5) is 1.53. The molecule has 98 valence electrons. The van der Waals surface area contributed by atoms with Gasteiger partial charge in [0.15, 0.2) is 0 Å². The summed E-state index contributed by atoms with van der Waals surface area (Å²) in [6.07, 6.45) is 6.36. The van der Waals surface area contributed by atoms with E-state index in [1.54, 1.807) is 0 Å². The van der Waals surface area contributed by atoms with Crippen molar-refractivity contribution in [1.82, 2.24) is 5.32 Å². The minimum Gasteiger partial charge on any atom is -0.316 e. The summed E-state index contributed by atoms with van der Waals surface area (Å²) >= 11 is 1.89. The molecule has 1 heterocycles. The van der Waals surface area contributed by atoms with Gasteiger partial charge in [0.25, 0.3) is 0 Å². The molecule has 0 aliphatic carbocycles. The lowest BCUT2D eigenvalue weighted by atomic mass is 9.78. The Hall–Kier alpha value is -0.340. The van der Waals surface area contributed by atoms with Gasteiger partial charge in [-0.15, -0.1) is 11.3 Å². The summed E-state index contributed by atoms with van der Waals surface area (Å²) < 4.78 is 0. The lowest BCUT2D eigenvalue weighted by molar-refractivity contribution is 0.229. The van der Waals surface area contributed by atoms with Crippen molar-refractivity contribution in [2.75, 3.05) is 13.1 Å². The van der Waals surface area contributed by atoms with E-state index in [0.717, 1.165) is 6.54 Å². The highest BCUT2D eigenvalue weighted by molar-refractivity contribution is 7.09. The standard InChI is InChI=1S/C15H27NS/c1-4-11-16-13-15(5-2,6-3)10-9-14-8-7-12-17-14/h7-8,12,16H,4-6,9-11,13H2,1-3H3. The molecule has 0 atom stereocenters. The molecule has 1 nitrogen and oxygen atoms in total. The second-order valence-corrected chi connectivity index (χ2v) is 6.00. The third kappa shape index (κ3) is 4.81. The summed E-state index contributed by atoms with van der Waals surface area (Å²) in [5.41, 5.74) is 0.499. The molecule has 1 N–H and O–H groups in total. The van der Waals surface area contributed by atoms with Crippen molar-refractivity contribution in [2.45, 2.75) is 52.9 Å². The number of hydrogen-bond acceptors (Lipinski definition) is 2. The number of aryl methyl sites for hydroxylation is 1. The van der Waals surface area contributed by atoms with Gasteiger partial charge in [-0.2, -0.15) is 0 Å². The molecule has 0 aliphatic rings. The molecule has 1 rings (SSSR count). The third-order valence-electron chi connectivity index (χ3n) is 3.91. The van der Waals surface area contributed by atoms with Crippen molar-refractivity contribution >= 4 is 11.3 Å². The molecule has 0 aromatic carbocycles. The molecule has 0 aliphatic heterocycles. The van der Waals surface area contributed by atoms with Gasteiger partial charge in [0, 0.05) is 11.4 Å². The fourth-order valence-corrected chi connectivity index (χ4v) is 3.02. The van der Waals surface area contributed by atoms with E-state index in [-0.39, 0.29) is 0 Å². The predicted molar refractivity (Wildman–Crippen MR) is 78.8 cm³/mol.